The zero-order chi connectivity index (χ0) is 32.4. The van der Waals surface area contributed by atoms with Crippen molar-refractivity contribution in [2.45, 2.75) is 33.3 Å². The predicted molar refractivity (Wildman–Crippen MR) is 188 cm³/mol. The highest BCUT2D eigenvalue weighted by atomic mass is 79.9. The summed E-state index contributed by atoms with van der Waals surface area (Å²) >= 11 is 7.20. The zero-order valence-electron chi connectivity index (χ0n) is 25.5. The van der Waals surface area contributed by atoms with E-state index in [1.54, 1.807) is 0 Å². The molecule has 4 aromatic carbocycles. The van der Waals surface area contributed by atoms with Crippen molar-refractivity contribution in [2.75, 3.05) is 6.61 Å². The van der Waals surface area contributed by atoms with Gasteiger partial charge in [-0.05, 0) is 83.2 Å². The van der Waals surface area contributed by atoms with Crippen molar-refractivity contribution in [3.8, 4) is 34.0 Å². The van der Waals surface area contributed by atoms with Gasteiger partial charge in [-0.15, -0.1) is 0 Å². The van der Waals surface area contributed by atoms with Gasteiger partial charge in [0.15, 0.2) is 11.5 Å². The highest BCUT2D eigenvalue weighted by Gasteiger charge is 2.32. The fraction of sp³-hybridized carbons (Fsp3) is 0.167. The van der Waals surface area contributed by atoms with Crippen molar-refractivity contribution in [1.29, 1.82) is 0 Å². The number of aryl methyl sites for hydroxylation is 2. The Morgan fingerprint density at radius 2 is 1.20 bits per heavy atom. The smallest absolute Gasteiger partial charge is 0.268 e. The van der Waals surface area contributed by atoms with Gasteiger partial charge in [-0.1, -0.05) is 87.7 Å². The summed E-state index contributed by atoms with van der Waals surface area (Å²) in [5.74, 6) is 0.214. The maximum absolute atomic E-state index is 13.8. The highest BCUT2D eigenvalue weighted by molar-refractivity contribution is 9.10. The van der Waals surface area contributed by atoms with E-state index in [1.807, 2.05) is 106 Å². The first-order valence-corrected chi connectivity index (χ1v) is 16.4. The lowest BCUT2D eigenvalue weighted by atomic mass is 9.83. The van der Waals surface area contributed by atoms with E-state index in [0.717, 1.165) is 32.3 Å². The molecule has 0 fully saturated rings. The summed E-state index contributed by atoms with van der Waals surface area (Å²) in [4.78, 5) is 27.5. The first-order chi connectivity index (χ1) is 22.2. The molecule has 0 amide bonds. The summed E-state index contributed by atoms with van der Waals surface area (Å²) in [6, 6.07) is 27.4. The van der Waals surface area contributed by atoms with Crippen LogP contribution >= 0.6 is 31.9 Å². The van der Waals surface area contributed by atoms with Gasteiger partial charge in [0, 0.05) is 10.4 Å². The van der Waals surface area contributed by atoms with Crippen LogP contribution in [0.15, 0.2) is 103 Å². The van der Waals surface area contributed by atoms with E-state index >= 15 is 0 Å². The molecule has 0 radical (unpaired) electrons. The second kappa shape index (κ2) is 13.4. The van der Waals surface area contributed by atoms with Crippen molar-refractivity contribution in [1.82, 2.24) is 20.4 Å². The maximum Gasteiger partial charge on any atom is 0.268 e. The summed E-state index contributed by atoms with van der Waals surface area (Å²) in [7, 11) is 0. The van der Waals surface area contributed by atoms with Gasteiger partial charge in [0.1, 0.15) is 6.61 Å². The van der Waals surface area contributed by atoms with Crippen LogP contribution in [-0.2, 0) is 6.61 Å². The monoisotopic (exact) mass is 742 g/mol. The fourth-order valence-electron chi connectivity index (χ4n) is 5.55. The number of H-pyrrole nitrogens is 4. The lowest BCUT2D eigenvalue weighted by molar-refractivity contribution is 0.267. The average Bonchev–Trinajstić information content (AvgIpc) is 3.61. The molecule has 0 aliphatic carbocycles. The number of aromatic nitrogens is 4. The van der Waals surface area contributed by atoms with Crippen LogP contribution in [0.1, 0.15) is 46.2 Å². The standard InChI is InChI=1S/C36H32Br2N4O4/c1-4-45-28-18-25(17-27(38)34(28)46-19-22-9-15-26(37)16-10-22)29(30-32(39-41-35(30)43)23-11-5-20(2)6-12-23)31-33(40-42-36(31)44)24-13-7-21(3)8-14-24/h5-18,29H,4,19H2,1-3H3,(H2,39,41,43)(H2,40,42,44). The molecule has 234 valence electrons. The van der Waals surface area contributed by atoms with E-state index in [-0.39, 0.29) is 11.1 Å². The molecule has 0 atom stereocenters. The number of nitrogens with one attached hydrogen (secondary N) is 4. The first kappa shape index (κ1) is 31.4. The minimum absolute atomic E-state index is 0.318. The van der Waals surface area contributed by atoms with Gasteiger partial charge in [-0.2, -0.15) is 0 Å². The first-order valence-electron chi connectivity index (χ1n) is 14.8. The fourth-order valence-corrected chi connectivity index (χ4v) is 6.39. The van der Waals surface area contributed by atoms with Crippen molar-refractivity contribution < 1.29 is 9.47 Å². The van der Waals surface area contributed by atoms with Gasteiger partial charge >= 0.3 is 0 Å². The number of halogens is 2. The van der Waals surface area contributed by atoms with Crippen LogP contribution in [0.25, 0.3) is 22.5 Å². The van der Waals surface area contributed by atoms with Crippen LogP contribution < -0.4 is 20.6 Å². The summed E-state index contributed by atoms with van der Waals surface area (Å²) in [6.07, 6.45) is 0. The van der Waals surface area contributed by atoms with Crippen molar-refractivity contribution in [2.24, 2.45) is 0 Å². The molecule has 0 saturated heterocycles. The van der Waals surface area contributed by atoms with Crippen LogP contribution in [0, 0.1) is 13.8 Å². The van der Waals surface area contributed by atoms with E-state index < -0.39 is 5.92 Å². The van der Waals surface area contributed by atoms with Gasteiger partial charge in [-0.25, -0.2) is 0 Å². The van der Waals surface area contributed by atoms with Gasteiger partial charge in [0.05, 0.1) is 33.6 Å². The summed E-state index contributed by atoms with van der Waals surface area (Å²) in [5.41, 5.74) is 6.79. The summed E-state index contributed by atoms with van der Waals surface area (Å²) in [5, 5.41) is 11.7. The number of hydrogen-bond acceptors (Lipinski definition) is 4. The normalized spacial score (nSPS) is 11.3. The van der Waals surface area contributed by atoms with Crippen LogP contribution in [0.5, 0.6) is 11.5 Å². The molecular formula is C36H32Br2N4O4. The van der Waals surface area contributed by atoms with E-state index in [1.165, 1.54) is 0 Å². The molecule has 0 bridgehead atoms. The highest BCUT2D eigenvalue weighted by Crippen LogP contribution is 2.44. The Morgan fingerprint density at radius 1 is 0.674 bits per heavy atom. The molecule has 4 N–H and O–H groups in total. The maximum atomic E-state index is 13.8. The molecule has 6 aromatic rings. The number of hydrogen-bond donors (Lipinski definition) is 4. The SMILES string of the molecule is CCOc1cc(C(c2c(-c3ccc(C)cc3)[nH][nH]c2=O)c2c(-c3ccc(C)cc3)[nH][nH]c2=O)cc(Br)c1OCc1ccc(Br)cc1. The van der Waals surface area contributed by atoms with Gasteiger partial charge in [-0.3, -0.25) is 30.0 Å². The molecule has 6 rings (SSSR count). The Bertz CT molecular complexity index is 1990. The molecule has 0 unspecified atom stereocenters. The summed E-state index contributed by atoms with van der Waals surface area (Å²) in [6.45, 7) is 6.61. The lowest BCUT2D eigenvalue weighted by Crippen LogP contribution is -2.20. The number of rotatable bonds is 10. The van der Waals surface area contributed by atoms with Crippen molar-refractivity contribution >= 4 is 31.9 Å². The van der Waals surface area contributed by atoms with E-state index in [9.17, 15) is 9.59 Å². The van der Waals surface area contributed by atoms with Crippen LogP contribution in [0.2, 0.25) is 0 Å². The van der Waals surface area contributed by atoms with Crippen molar-refractivity contribution in [3.05, 3.63) is 148 Å². The Hall–Kier alpha value is -4.54. The Balaban J connectivity index is 1.55. The third kappa shape index (κ3) is 6.41. The molecule has 46 heavy (non-hydrogen) atoms. The average molecular weight is 744 g/mol. The number of aromatic amines is 4. The predicted octanol–water partition coefficient (Wildman–Crippen LogP) is 8.35. The van der Waals surface area contributed by atoms with E-state index in [4.69, 9.17) is 9.47 Å². The molecule has 2 heterocycles. The number of ether oxygens (including phenoxy) is 2. The van der Waals surface area contributed by atoms with Gasteiger partial charge < -0.3 is 9.47 Å². The van der Waals surface area contributed by atoms with Crippen LogP contribution in [0.4, 0.5) is 0 Å². The molecule has 0 aliphatic heterocycles. The third-order valence-electron chi connectivity index (χ3n) is 7.85. The molecular weight excluding hydrogens is 712 g/mol. The molecule has 2 aromatic heterocycles. The van der Waals surface area contributed by atoms with Gasteiger partial charge in [0.2, 0.25) is 0 Å². The molecule has 0 saturated carbocycles. The van der Waals surface area contributed by atoms with E-state index in [0.29, 0.717) is 57.3 Å². The second-order valence-electron chi connectivity index (χ2n) is 11.1. The Labute approximate surface area is 282 Å². The Kier molecular flexibility index (Phi) is 9.19. The molecule has 10 heteroatoms. The third-order valence-corrected chi connectivity index (χ3v) is 8.97. The van der Waals surface area contributed by atoms with Crippen LogP contribution in [0.3, 0.4) is 0 Å². The minimum atomic E-state index is -0.798. The topological polar surface area (TPSA) is 116 Å². The lowest BCUT2D eigenvalue weighted by Gasteiger charge is -2.21. The second-order valence-corrected chi connectivity index (χ2v) is 12.8. The van der Waals surface area contributed by atoms with E-state index in [2.05, 4.69) is 52.3 Å². The van der Waals surface area contributed by atoms with Crippen molar-refractivity contribution in [3.63, 3.8) is 0 Å². The zero-order valence-corrected chi connectivity index (χ0v) is 28.6. The quantitative estimate of drug-likeness (QED) is 0.113. The number of benzene rings is 4. The molecule has 8 nitrogen and oxygen atoms in total. The Morgan fingerprint density at radius 3 is 1.70 bits per heavy atom. The van der Waals surface area contributed by atoms with Gasteiger partial charge in [0.25, 0.3) is 11.1 Å². The molecule has 0 aliphatic rings. The minimum Gasteiger partial charge on any atom is -0.490 e. The largest absolute Gasteiger partial charge is 0.490 e. The van der Waals surface area contributed by atoms with Crippen LogP contribution in [-0.4, -0.2) is 27.0 Å². The summed E-state index contributed by atoms with van der Waals surface area (Å²) < 4.78 is 14.0. The molecule has 0 spiro atoms.